The number of pyridine rings is 1. The van der Waals surface area contributed by atoms with Crippen LogP contribution >= 0.6 is 43.5 Å². The molecule has 9 heteroatoms. The average molecular weight is 703 g/mol. The van der Waals surface area contributed by atoms with Gasteiger partial charge in [-0.3, -0.25) is 14.6 Å². The Labute approximate surface area is 263 Å². The maximum Gasteiger partial charge on any atom is 0.242 e. The number of likely N-dealkylation sites (tertiary alicyclic amines) is 2. The van der Waals surface area contributed by atoms with Crippen LogP contribution in [0.3, 0.4) is 0 Å². The summed E-state index contributed by atoms with van der Waals surface area (Å²) in [6.07, 6.45) is 11.9. The summed E-state index contributed by atoms with van der Waals surface area (Å²) in [5.74, 6) is 1.34. The van der Waals surface area contributed by atoms with E-state index in [-0.39, 0.29) is 17.7 Å². The zero-order valence-corrected chi connectivity index (χ0v) is 27.0. The highest BCUT2D eigenvalue weighted by Crippen LogP contribution is 2.46. The average Bonchev–Trinajstić information content (AvgIpc) is 3.41. The highest BCUT2D eigenvalue weighted by atomic mass is 79.9. The Hall–Kier alpha value is -2.16. The topological polar surface area (TPSA) is 58.4 Å². The summed E-state index contributed by atoms with van der Waals surface area (Å²) in [6.45, 7) is 3.42. The third-order valence-corrected chi connectivity index (χ3v) is 10.5. The molecule has 0 radical (unpaired) electrons. The summed E-state index contributed by atoms with van der Waals surface area (Å²) < 4.78 is 3.98. The quantitative estimate of drug-likeness (QED) is 0.292. The Balaban J connectivity index is 1.08. The first-order valence-electron chi connectivity index (χ1n) is 14.6. The molecule has 0 bridgehead atoms. The van der Waals surface area contributed by atoms with Crippen LogP contribution in [0.4, 0.5) is 0 Å². The van der Waals surface area contributed by atoms with Crippen LogP contribution in [0.2, 0.25) is 5.02 Å². The molecule has 0 saturated carbocycles. The number of benzene rings is 1. The van der Waals surface area contributed by atoms with E-state index in [2.05, 4.69) is 48.9 Å². The van der Waals surface area contributed by atoms with E-state index in [0.717, 1.165) is 84.4 Å². The van der Waals surface area contributed by atoms with Crippen molar-refractivity contribution in [1.82, 2.24) is 19.4 Å². The van der Waals surface area contributed by atoms with E-state index in [4.69, 9.17) is 16.6 Å². The summed E-state index contributed by atoms with van der Waals surface area (Å²) in [5, 5.41) is 0.756. The van der Waals surface area contributed by atoms with Gasteiger partial charge in [0.05, 0.1) is 5.69 Å². The number of carbonyl (C=O) groups excluding carboxylic acids is 2. The number of fused-ring (bicyclic) bond motifs is 2. The van der Waals surface area contributed by atoms with Gasteiger partial charge >= 0.3 is 0 Å². The largest absolute Gasteiger partial charge is 0.345 e. The third kappa shape index (κ3) is 6.45. The van der Waals surface area contributed by atoms with Crippen molar-refractivity contribution < 1.29 is 9.59 Å². The number of rotatable bonds is 5. The minimum atomic E-state index is 0.158. The molecule has 4 heterocycles. The van der Waals surface area contributed by atoms with Crippen LogP contribution in [-0.2, 0) is 29.0 Å². The monoisotopic (exact) mass is 700 g/mol. The van der Waals surface area contributed by atoms with Crippen LogP contribution in [0.15, 0.2) is 57.9 Å². The molecule has 0 N–H and O–H groups in total. The van der Waals surface area contributed by atoms with Gasteiger partial charge in [-0.15, -0.1) is 0 Å². The minimum Gasteiger partial charge on any atom is -0.345 e. The number of hydrogen-bond acceptors (Lipinski definition) is 3. The summed E-state index contributed by atoms with van der Waals surface area (Å²) in [7, 11) is 0. The van der Waals surface area contributed by atoms with E-state index >= 15 is 0 Å². The first-order valence-corrected chi connectivity index (χ1v) is 16.6. The lowest BCUT2D eigenvalue weighted by Crippen LogP contribution is -2.43. The third-order valence-electron chi connectivity index (χ3n) is 9.20. The first kappa shape index (κ1) is 28.9. The van der Waals surface area contributed by atoms with Gasteiger partial charge in [-0.25, -0.2) is 0 Å². The molecular formula is C32H35Br2ClN4O2. The second-order valence-corrected chi connectivity index (χ2v) is 13.9. The van der Waals surface area contributed by atoms with Crippen molar-refractivity contribution >= 4 is 55.3 Å². The van der Waals surface area contributed by atoms with Gasteiger partial charge in [0, 0.05) is 71.1 Å². The van der Waals surface area contributed by atoms with Crippen LogP contribution in [0.1, 0.15) is 60.4 Å². The summed E-state index contributed by atoms with van der Waals surface area (Å²) in [5.41, 5.74) is 5.06. The normalized spacial score (nSPS) is 19.9. The second kappa shape index (κ2) is 12.6. The number of amides is 2. The predicted molar refractivity (Wildman–Crippen MR) is 168 cm³/mol. The van der Waals surface area contributed by atoms with Crippen LogP contribution in [0.25, 0.3) is 0 Å². The summed E-state index contributed by atoms with van der Waals surface area (Å²) in [4.78, 5) is 35.0. The molecule has 6 rings (SSSR count). The molecule has 41 heavy (non-hydrogen) atoms. The van der Waals surface area contributed by atoms with E-state index in [9.17, 15) is 9.59 Å². The van der Waals surface area contributed by atoms with Gasteiger partial charge in [-0.05, 0) is 113 Å². The second-order valence-electron chi connectivity index (χ2n) is 11.7. The molecule has 1 atom stereocenters. The first-order chi connectivity index (χ1) is 19.9. The number of piperidine rings is 2. The molecule has 1 aromatic carbocycles. The van der Waals surface area contributed by atoms with Crippen molar-refractivity contribution in [1.29, 1.82) is 0 Å². The number of aromatic nitrogens is 2. The molecule has 6 nitrogen and oxygen atoms in total. The Morgan fingerprint density at radius 1 is 0.878 bits per heavy atom. The molecular weight excluding hydrogens is 668 g/mol. The van der Waals surface area contributed by atoms with Gasteiger partial charge < -0.3 is 14.4 Å². The van der Waals surface area contributed by atoms with Crippen molar-refractivity contribution in [2.24, 2.45) is 11.8 Å². The molecule has 2 fully saturated rings. The maximum absolute atomic E-state index is 13.4. The molecule has 0 spiro atoms. The molecule has 2 aliphatic heterocycles. The van der Waals surface area contributed by atoms with Crippen molar-refractivity contribution in [2.45, 2.75) is 57.4 Å². The zero-order valence-electron chi connectivity index (χ0n) is 23.1. The van der Waals surface area contributed by atoms with Crippen molar-refractivity contribution in [2.75, 3.05) is 26.2 Å². The molecule has 2 saturated heterocycles. The van der Waals surface area contributed by atoms with Crippen LogP contribution in [0, 0.1) is 11.8 Å². The van der Waals surface area contributed by atoms with Crippen LogP contribution in [-0.4, -0.2) is 57.3 Å². The fourth-order valence-corrected chi connectivity index (χ4v) is 8.51. The Morgan fingerprint density at radius 3 is 2.27 bits per heavy atom. The molecule has 2 amide bonds. The van der Waals surface area contributed by atoms with Crippen LogP contribution < -0.4 is 0 Å². The molecule has 1 aliphatic carbocycles. The number of hydrogen-bond donors (Lipinski definition) is 0. The van der Waals surface area contributed by atoms with E-state index in [0.29, 0.717) is 24.8 Å². The number of carbonyl (C=O) groups is 2. The molecule has 3 aromatic rings. The lowest BCUT2D eigenvalue weighted by Gasteiger charge is -2.38. The highest BCUT2D eigenvalue weighted by Gasteiger charge is 2.37. The molecule has 216 valence electrons. The fraction of sp³-hybridized carbons (Fsp3) is 0.469. The summed E-state index contributed by atoms with van der Waals surface area (Å²) >= 11 is 13.9. The molecule has 3 aliphatic rings. The van der Waals surface area contributed by atoms with Gasteiger partial charge in [0.1, 0.15) is 6.54 Å². The van der Waals surface area contributed by atoms with Gasteiger partial charge in [-0.2, -0.15) is 0 Å². The standard InChI is InChI=1S/C32H35Br2ClN4O2/c33-25-16-24-4-3-23-17-26(35)18-27(34)30(23)31(32(24)36-19-25)22-7-13-38(14-8-22)28(40)15-21-5-11-39(12-6-21)29(41)20-37-9-1-2-10-37/h1-2,9-10,16-19,21-22,31H,3-8,11-15,20H2/t31-/m1/s1. The molecule has 0 unspecified atom stereocenters. The summed E-state index contributed by atoms with van der Waals surface area (Å²) in [6, 6.07) is 10.2. The van der Waals surface area contributed by atoms with Gasteiger partial charge in [0.25, 0.3) is 0 Å². The number of aryl methyl sites for hydroxylation is 2. The van der Waals surface area contributed by atoms with Gasteiger partial charge in [0.15, 0.2) is 0 Å². The minimum absolute atomic E-state index is 0.158. The van der Waals surface area contributed by atoms with E-state index < -0.39 is 0 Å². The highest BCUT2D eigenvalue weighted by molar-refractivity contribution is 9.10. The predicted octanol–water partition coefficient (Wildman–Crippen LogP) is 6.86. The maximum atomic E-state index is 13.4. The lowest BCUT2D eigenvalue weighted by atomic mass is 9.76. The number of halogens is 3. The van der Waals surface area contributed by atoms with E-state index in [1.165, 1.54) is 16.7 Å². The van der Waals surface area contributed by atoms with Crippen molar-refractivity contribution in [3.05, 3.63) is 85.3 Å². The Morgan fingerprint density at radius 2 is 1.54 bits per heavy atom. The Kier molecular flexibility index (Phi) is 8.89. The molecule has 2 aromatic heterocycles. The van der Waals surface area contributed by atoms with Gasteiger partial charge in [-0.1, -0.05) is 27.5 Å². The van der Waals surface area contributed by atoms with E-state index in [1.807, 2.05) is 46.3 Å². The smallest absolute Gasteiger partial charge is 0.242 e. The number of nitrogens with zero attached hydrogens (tertiary/aromatic N) is 4. The van der Waals surface area contributed by atoms with Crippen molar-refractivity contribution in [3.8, 4) is 0 Å². The zero-order chi connectivity index (χ0) is 28.5. The lowest BCUT2D eigenvalue weighted by molar-refractivity contribution is -0.135. The fourth-order valence-electron chi connectivity index (χ4n) is 7.01. The van der Waals surface area contributed by atoms with Gasteiger partial charge in [0.2, 0.25) is 11.8 Å². The van der Waals surface area contributed by atoms with E-state index in [1.54, 1.807) is 0 Å². The van der Waals surface area contributed by atoms with Crippen LogP contribution in [0.5, 0.6) is 0 Å². The van der Waals surface area contributed by atoms with Crippen molar-refractivity contribution in [3.63, 3.8) is 0 Å². The Bertz CT molecular complexity index is 1410. The SMILES string of the molecule is O=C(CC1CCN(C(=O)Cn2cccc2)CC1)N1CCC([C@H]2c3ncc(Br)cc3CCc3cc(Cl)cc(Br)c32)CC1.